The molecule has 1 saturated heterocycles. The first-order valence-electron chi connectivity index (χ1n) is 10.8. The average Bonchev–Trinajstić information content (AvgIpc) is 3.24. The Bertz CT molecular complexity index is 1530. The van der Waals surface area contributed by atoms with Crippen molar-refractivity contribution < 1.29 is 9.15 Å². The minimum atomic E-state index is -0.0194. The molecule has 6 heteroatoms. The van der Waals surface area contributed by atoms with Crippen LogP contribution >= 0.6 is 11.3 Å². The highest BCUT2D eigenvalue weighted by atomic mass is 32.1. The fraction of sp³-hybridized carbons (Fsp3) is 0.192. The highest BCUT2D eigenvalue weighted by Crippen LogP contribution is 2.44. The summed E-state index contributed by atoms with van der Waals surface area (Å²) in [5, 5.41) is 6.38. The lowest BCUT2D eigenvalue weighted by Gasteiger charge is -2.27. The second-order valence-electron chi connectivity index (χ2n) is 7.94. The van der Waals surface area contributed by atoms with E-state index in [2.05, 4.69) is 46.6 Å². The van der Waals surface area contributed by atoms with Crippen molar-refractivity contribution in [2.45, 2.75) is 0 Å². The highest BCUT2D eigenvalue weighted by molar-refractivity contribution is 7.26. The van der Waals surface area contributed by atoms with E-state index >= 15 is 0 Å². The molecule has 3 heterocycles. The molecule has 0 bridgehead atoms. The van der Waals surface area contributed by atoms with Crippen molar-refractivity contribution in [1.82, 2.24) is 0 Å². The molecular weight excluding hydrogens is 420 g/mol. The van der Waals surface area contributed by atoms with E-state index in [1.54, 1.807) is 17.4 Å². The van der Waals surface area contributed by atoms with E-state index in [1.807, 2.05) is 25.2 Å². The predicted octanol–water partition coefficient (Wildman–Crippen LogP) is 5.71. The van der Waals surface area contributed by atoms with Gasteiger partial charge in [0.15, 0.2) is 11.3 Å². The summed E-state index contributed by atoms with van der Waals surface area (Å²) in [5.74, 6) is 0.609. The molecule has 2 aromatic heterocycles. The topological polar surface area (TPSA) is 54.7 Å². The van der Waals surface area contributed by atoms with Crippen LogP contribution in [0.1, 0.15) is 0 Å². The van der Waals surface area contributed by atoms with E-state index in [4.69, 9.17) is 9.15 Å². The van der Waals surface area contributed by atoms with Crippen LogP contribution in [0.4, 0.5) is 11.6 Å². The van der Waals surface area contributed by atoms with Gasteiger partial charge in [0.05, 0.1) is 18.6 Å². The van der Waals surface area contributed by atoms with E-state index in [0.29, 0.717) is 43.2 Å². The zero-order chi connectivity index (χ0) is 21.7. The first-order chi connectivity index (χ1) is 15.7. The van der Waals surface area contributed by atoms with Gasteiger partial charge in [-0.05, 0) is 18.2 Å². The molecule has 5 aromatic rings. The van der Waals surface area contributed by atoms with Crippen molar-refractivity contribution in [3.05, 3.63) is 70.9 Å². The van der Waals surface area contributed by atoms with Crippen LogP contribution in [-0.4, -0.2) is 33.4 Å². The molecular formula is C26H22N2O3S. The Hall–Kier alpha value is -3.35. The molecule has 0 amide bonds. The molecule has 0 aliphatic carbocycles. The van der Waals surface area contributed by atoms with E-state index in [0.717, 1.165) is 16.8 Å². The third-order valence-electron chi connectivity index (χ3n) is 6.15. The Kier molecular flexibility index (Phi) is 4.63. The van der Waals surface area contributed by atoms with Crippen LogP contribution in [0, 0.1) is 0 Å². The number of hydrogen-bond acceptors (Lipinski definition) is 6. The van der Waals surface area contributed by atoms with Gasteiger partial charge >= 0.3 is 0 Å². The number of thiophene rings is 1. The van der Waals surface area contributed by atoms with E-state index in [-0.39, 0.29) is 5.43 Å². The quantitative estimate of drug-likeness (QED) is 0.388. The summed E-state index contributed by atoms with van der Waals surface area (Å²) in [7, 11) is 1.95. The fourth-order valence-corrected chi connectivity index (χ4v) is 5.82. The van der Waals surface area contributed by atoms with Gasteiger partial charge in [0.1, 0.15) is 5.58 Å². The summed E-state index contributed by atoms with van der Waals surface area (Å²) in [6, 6.07) is 20.1. The van der Waals surface area contributed by atoms with Gasteiger partial charge in [0.2, 0.25) is 0 Å². The Morgan fingerprint density at radius 3 is 2.59 bits per heavy atom. The molecule has 0 spiro atoms. The molecule has 32 heavy (non-hydrogen) atoms. The second-order valence-corrected chi connectivity index (χ2v) is 9.00. The first-order valence-corrected chi connectivity index (χ1v) is 11.6. The molecule has 0 saturated carbocycles. The van der Waals surface area contributed by atoms with Crippen molar-refractivity contribution >= 4 is 54.0 Å². The number of morpholine rings is 1. The normalized spacial score (nSPS) is 14.5. The Labute approximate surface area is 188 Å². The highest BCUT2D eigenvalue weighted by Gasteiger charge is 2.19. The maximum absolute atomic E-state index is 13.0. The van der Waals surface area contributed by atoms with Gasteiger partial charge in [0, 0.05) is 63.2 Å². The average molecular weight is 443 g/mol. The van der Waals surface area contributed by atoms with Gasteiger partial charge in [0.25, 0.3) is 0 Å². The number of nitrogens with zero attached hydrogens (tertiary/aromatic N) is 1. The summed E-state index contributed by atoms with van der Waals surface area (Å²) >= 11 is 1.77. The van der Waals surface area contributed by atoms with Gasteiger partial charge in [-0.25, -0.2) is 0 Å². The molecule has 5 nitrogen and oxygen atoms in total. The molecule has 0 atom stereocenters. The first kappa shape index (κ1) is 19.3. The largest absolute Gasteiger partial charge is 0.440 e. The van der Waals surface area contributed by atoms with E-state index < -0.39 is 0 Å². The molecule has 1 N–H and O–H groups in total. The van der Waals surface area contributed by atoms with Crippen LogP contribution in [0.25, 0.3) is 42.3 Å². The molecule has 160 valence electrons. The number of fused-ring (bicyclic) bond motifs is 4. The van der Waals surface area contributed by atoms with E-state index in [1.165, 1.54) is 20.2 Å². The van der Waals surface area contributed by atoms with Crippen molar-refractivity contribution in [2.75, 3.05) is 43.6 Å². The van der Waals surface area contributed by atoms with Gasteiger partial charge in [-0.1, -0.05) is 36.4 Å². The Morgan fingerprint density at radius 1 is 0.938 bits per heavy atom. The molecule has 1 aliphatic heterocycles. The monoisotopic (exact) mass is 442 g/mol. The fourth-order valence-electron chi connectivity index (χ4n) is 4.57. The molecule has 0 radical (unpaired) electrons. The Morgan fingerprint density at radius 2 is 1.75 bits per heavy atom. The van der Waals surface area contributed by atoms with Crippen LogP contribution in [0.3, 0.4) is 0 Å². The van der Waals surface area contributed by atoms with Crippen LogP contribution in [-0.2, 0) is 4.74 Å². The van der Waals surface area contributed by atoms with Crippen molar-refractivity contribution in [3.8, 4) is 11.1 Å². The molecule has 1 aliphatic rings. The number of benzene rings is 3. The predicted molar refractivity (Wildman–Crippen MR) is 133 cm³/mol. The minimum absolute atomic E-state index is 0.0194. The molecule has 3 aromatic carbocycles. The number of nitrogens with one attached hydrogen (secondary N) is 1. The van der Waals surface area contributed by atoms with Crippen LogP contribution in [0.2, 0.25) is 0 Å². The van der Waals surface area contributed by atoms with Crippen LogP contribution in [0.5, 0.6) is 0 Å². The SMILES string of the molecule is CNc1ccc(-c2cccc3c(=O)cc(N4CCOCC4)oc23)c2sc3ccccc3c12. The maximum Gasteiger partial charge on any atom is 0.200 e. The summed E-state index contributed by atoms with van der Waals surface area (Å²) in [6.07, 6.45) is 0. The number of hydrogen-bond donors (Lipinski definition) is 1. The zero-order valence-corrected chi connectivity index (χ0v) is 18.5. The summed E-state index contributed by atoms with van der Waals surface area (Å²) in [5.41, 5.74) is 3.73. The van der Waals surface area contributed by atoms with Crippen molar-refractivity contribution in [1.29, 1.82) is 0 Å². The standard InChI is InChI=1S/C26H22N2O3S/c1-27-20-10-9-17(26-24(20)19-5-2-3-8-22(19)32-26)16-6-4-7-18-21(29)15-23(31-25(16)18)28-11-13-30-14-12-28/h2-10,15,27H,11-14H2,1H3. The number of para-hydroxylation sites is 1. The minimum Gasteiger partial charge on any atom is -0.440 e. The lowest BCUT2D eigenvalue weighted by molar-refractivity contribution is 0.121. The number of rotatable bonds is 3. The summed E-state index contributed by atoms with van der Waals surface area (Å²) in [6.45, 7) is 2.71. The molecule has 1 fully saturated rings. The van der Waals surface area contributed by atoms with Crippen molar-refractivity contribution in [2.24, 2.45) is 0 Å². The lowest BCUT2D eigenvalue weighted by atomic mass is 9.99. The van der Waals surface area contributed by atoms with Gasteiger partial charge in [-0.15, -0.1) is 11.3 Å². The number of anilines is 2. The third kappa shape index (κ3) is 2.98. The van der Waals surface area contributed by atoms with E-state index in [9.17, 15) is 4.79 Å². The second kappa shape index (κ2) is 7.65. The molecule has 6 rings (SSSR count). The van der Waals surface area contributed by atoms with Crippen LogP contribution in [0.15, 0.2) is 69.9 Å². The number of ether oxygens (including phenoxy) is 1. The summed E-state index contributed by atoms with van der Waals surface area (Å²) < 4.78 is 14.3. The smallest absolute Gasteiger partial charge is 0.200 e. The summed E-state index contributed by atoms with van der Waals surface area (Å²) in [4.78, 5) is 15.1. The third-order valence-corrected chi connectivity index (χ3v) is 7.35. The lowest BCUT2D eigenvalue weighted by Crippen LogP contribution is -2.36. The molecule has 0 unspecified atom stereocenters. The zero-order valence-electron chi connectivity index (χ0n) is 17.7. The van der Waals surface area contributed by atoms with Crippen LogP contribution < -0.4 is 15.6 Å². The Balaban J connectivity index is 1.65. The van der Waals surface area contributed by atoms with Gasteiger partial charge < -0.3 is 19.4 Å². The van der Waals surface area contributed by atoms with Gasteiger partial charge in [-0.3, -0.25) is 4.79 Å². The van der Waals surface area contributed by atoms with Crippen molar-refractivity contribution in [3.63, 3.8) is 0 Å². The van der Waals surface area contributed by atoms with Gasteiger partial charge in [-0.2, -0.15) is 0 Å². The maximum atomic E-state index is 13.0.